The molecule has 0 amide bonds. The summed E-state index contributed by atoms with van der Waals surface area (Å²) < 4.78 is 0. The number of allylic oxidation sites excluding steroid dienone is 1. The number of hydrogen-bond acceptors (Lipinski definition) is 0. The molecule has 2 aromatic carbocycles. The Kier molecular flexibility index (Phi) is 11.0. The average Bonchev–Trinajstić information content (AvgIpc) is 3.10. The van der Waals surface area contributed by atoms with Crippen LogP contribution >= 0.6 is 17.0 Å². The van der Waals surface area contributed by atoms with Gasteiger partial charge in [0, 0.05) is 6.42 Å². The first-order valence-corrected chi connectivity index (χ1v) is 16.3. The molecular formula is C24H29Cl2Zr. The molecule has 0 aromatic heterocycles. The van der Waals surface area contributed by atoms with Crippen molar-refractivity contribution in [3.63, 3.8) is 0 Å². The van der Waals surface area contributed by atoms with Gasteiger partial charge >= 0.3 is 37.9 Å². The van der Waals surface area contributed by atoms with Crippen molar-refractivity contribution in [3.05, 3.63) is 71.1 Å². The van der Waals surface area contributed by atoms with Gasteiger partial charge in [-0.25, -0.2) is 0 Å². The van der Waals surface area contributed by atoms with E-state index in [4.69, 9.17) is 17.0 Å². The fourth-order valence-electron chi connectivity index (χ4n) is 3.59. The number of rotatable bonds is 8. The molecule has 0 saturated heterocycles. The van der Waals surface area contributed by atoms with Crippen molar-refractivity contribution >= 4 is 23.1 Å². The molecule has 1 aliphatic rings. The van der Waals surface area contributed by atoms with E-state index in [-0.39, 0.29) is 0 Å². The van der Waals surface area contributed by atoms with Gasteiger partial charge in [0.15, 0.2) is 0 Å². The van der Waals surface area contributed by atoms with Crippen LogP contribution in [-0.2, 0) is 27.3 Å². The molecule has 0 bridgehead atoms. The number of unbranched alkanes of at least 4 members (excludes halogenated alkanes) is 3. The van der Waals surface area contributed by atoms with Crippen molar-refractivity contribution in [2.24, 2.45) is 0 Å². The Morgan fingerprint density at radius 1 is 0.815 bits per heavy atom. The van der Waals surface area contributed by atoms with Crippen LogP contribution in [0.5, 0.6) is 0 Å². The van der Waals surface area contributed by atoms with E-state index in [1.807, 2.05) is 0 Å². The second kappa shape index (κ2) is 13.0. The third-order valence-electron chi connectivity index (χ3n) is 4.93. The van der Waals surface area contributed by atoms with Crippen LogP contribution in [-0.4, -0.2) is 0 Å². The minimum atomic E-state index is -0.826. The summed E-state index contributed by atoms with van der Waals surface area (Å²) in [6.45, 7) is 4.51. The molecule has 0 atom stereocenters. The summed E-state index contributed by atoms with van der Waals surface area (Å²) in [5.74, 6) is 0. The van der Waals surface area contributed by atoms with Gasteiger partial charge in [-0.1, -0.05) is 93.6 Å². The molecule has 0 saturated carbocycles. The van der Waals surface area contributed by atoms with E-state index in [1.165, 1.54) is 78.3 Å². The molecule has 0 aliphatic heterocycles. The van der Waals surface area contributed by atoms with Gasteiger partial charge in [-0.15, -0.1) is 0 Å². The number of benzene rings is 2. The predicted octanol–water partition coefficient (Wildman–Crippen LogP) is 8.60. The predicted molar refractivity (Wildman–Crippen MR) is 118 cm³/mol. The topological polar surface area (TPSA) is 0 Å². The molecule has 143 valence electrons. The Morgan fingerprint density at radius 3 is 2.22 bits per heavy atom. The summed E-state index contributed by atoms with van der Waals surface area (Å²) in [6.07, 6.45) is 13.7. The minimum absolute atomic E-state index is 0.826. The Hall–Kier alpha value is -0.357. The number of fused-ring (bicyclic) bond motifs is 1. The third-order valence-corrected chi connectivity index (χ3v) is 4.93. The summed E-state index contributed by atoms with van der Waals surface area (Å²) in [4.78, 5) is 0. The van der Waals surface area contributed by atoms with Gasteiger partial charge in [-0.05, 0) is 47.1 Å². The van der Waals surface area contributed by atoms with Crippen LogP contribution in [0.15, 0.2) is 48.0 Å². The molecule has 3 heteroatoms. The summed E-state index contributed by atoms with van der Waals surface area (Å²) >= 11 is -0.826. The van der Waals surface area contributed by atoms with Crippen LogP contribution < -0.4 is 0 Å². The van der Waals surface area contributed by atoms with E-state index in [2.05, 4.69) is 68.8 Å². The zero-order valence-corrected chi connectivity index (χ0v) is 20.4. The summed E-state index contributed by atoms with van der Waals surface area (Å²) in [5.41, 5.74) is 8.43. The SMILES string of the molecule is CCCCCCC1=Cc2c(cccc2-c2ccc(CCC)cc2)[CH]1.[Cl][Zr][Cl]. The van der Waals surface area contributed by atoms with Crippen molar-refractivity contribution < 1.29 is 20.8 Å². The van der Waals surface area contributed by atoms with Gasteiger partial charge in [-0.3, -0.25) is 0 Å². The van der Waals surface area contributed by atoms with E-state index in [1.54, 1.807) is 0 Å². The molecule has 0 N–H and O–H groups in total. The van der Waals surface area contributed by atoms with Gasteiger partial charge in [0.25, 0.3) is 0 Å². The van der Waals surface area contributed by atoms with Crippen molar-refractivity contribution in [2.45, 2.75) is 58.8 Å². The maximum atomic E-state index is 4.93. The molecule has 3 rings (SSSR count). The second-order valence-electron chi connectivity index (χ2n) is 7.00. The van der Waals surface area contributed by atoms with Gasteiger partial charge in [0.1, 0.15) is 0 Å². The molecule has 1 radical (unpaired) electrons. The maximum absolute atomic E-state index is 4.93. The van der Waals surface area contributed by atoms with E-state index >= 15 is 0 Å². The normalized spacial score (nSPS) is 12.1. The van der Waals surface area contributed by atoms with Crippen LogP contribution in [0.2, 0.25) is 0 Å². The molecule has 27 heavy (non-hydrogen) atoms. The number of halogens is 2. The Labute approximate surface area is 184 Å². The summed E-state index contributed by atoms with van der Waals surface area (Å²) in [7, 11) is 9.87. The quantitative estimate of drug-likeness (QED) is 0.333. The average molecular weight is 480 g/mol. The zero-order chi connectivity index (χ0) is 19.5. The van der Waals surface area contributed by atoms with Crippen LogP contribution in [0.4, 0.5) is 0 Å². The Balaban J connectivity index is 0.000000817. The fraction of sp³-hybridized carbons (Fsp3) is 0.375. The molecule has 0 nitrogen and oxygen atoms in total. The van der Waals surface area contributed by atoms with Crippen LogP contribution in [0.25, 0.3) is 17.2 Å². The fourth-order valence-corrected chi connectivity index (χ4v) is 3.59. The first-order chi connectivity index (χ1) is 13.2. The first kappa shape index (κ1) is 22.9. The van der Waals surface area contributed by atoms with Crippen molar-refractivity contribution in [2.75, 3.05) is 0 Å². The Morgan fingerprint density at radius 2 is 1.56 bits per heavy atom. The molecular weight excluding hydrogens is 450 g/mol. The van der Waals surface area contributed by atoms with Crippen molar-refractivity contribution in [1.82, 2.24) is 0 Å². The first-order valence-electron chi connectivity index (χ1n) is 9.97. The number of hydrogen-bond donors (Lipinski definition) is 0. The second-order valence-corrected chi connectivity index (χ2v) is 10.7. The van der Waals surface area contributed by atoms with Crippen molar-refractivity contribution in [1.29, 1.82) is 0 Å². The standard InChI is InChI=1S/C24H29.2ClH.Zr/c1-3-5-6-7-10-20-17-22-11-8-12-23(24(22)18-20)21-15-13-19(9-4-2)14-16-21;;;/h8,11-18H,3-7,9-10H2,1-2H3;2*1H;/q;;;+2/p-2. The third kappa shape index (κ3) is 7.19. The molecule has 0 unspecified atom stereocenters. The monoisotopic (exact) mass is 477 g/mol. The zero-order valence-electron chi connectivity index (χ0n) is 16.4. The van der Waals surface area contributed by atoms with Crippen LogP contribution in [0.3, 0.4) is 0 Å². The van der Waals surface area contributed by atoms with Gasteiger partial charge in [-0.2, -0.15) is 0 Å². The Bertz CT molecular complexity index is 720. The summed E-state index contributed by atoms with van der Waals surface area (Å²) in [5, 5.41) is 0. The van der Waals surface area contributed by atoms with E-state index in [0.29, 0.717) is 0 Å². The molecule has 0 spiro atoms. The van der Waals surface area contributed by atoms with E-state index in [0.717, 1.165) is 0 Å². The van der Waals surface area contributed by atoms with E-state index < -0.39 is 20.8 Å². The van der Waals surface area contributed by atoms with Gasteiger partial charge < -0.3 is 0 Å². The van der Waals surface area contributed by atoms with Crippen LogP contribution in [0.1, 0.15) is 69.1 Å². The van der Waals surface area contributed by atoms with E-state index in [9.17, 15) is 0 Å². The molecule has 0 heterocycles. The van der Waals surface area contributed by atoms with Crippen molar-refractivity contribution in [3.8, 4) is 11.1 Å². The molecule has 2 aromatic rings. The van der Waals surface area contributed by atoms with Crippen LogP contribution in [0, 0.1) is 6.42 Å². The summed E-state index contributed by atoms with van der Waals surface area (Å²) in [6, 6.07) is 15.8. The van der Waals surface area contributed by atoms with Gasteiger partial charge in [0.2, 0.25) is 0 Å². The molecule has 0 fully saturated rings. The van der Waals surface area contributed by atoms with Gasteiger partial charge in [0.05, 0.1) is 0 Å². The molecule has 1 aliphatic carbocycles. The number of aryl methyl sites for hydroxylation is 1.